The van der Waals surface area contributed by atoms with Crippen LogP contribution in [0.2, 0.25) is 0 Å². The van der Waals surface area contributed by atoms with Gasteiger partial charge in [0.05, 0.1) is 25.5 Å². The average molecular weight is 413 g/mol. The molecule has 0 N–H and O–H groups in total. The van der Waals surface area contributed by atoms with Crippen molar-refractivity contribution in [3.05, 3.63) is 52.7 Å². The third-order valence-corrected chi connectivity index (χ3v) is 5.58. The van der Waals surface area contributed by atoms with Crippen LogP contribution in [0, 0.1) is 11.7 Å². The molecule has 2 aliphatic heterocycles. The normalized spacial score (nSPS) is 16.7. The number of halogens is 1. The van der Waals surface area contributed by atoms with E-state index in [1.165, 1.54) is 12.1 Å². The fourth-order valence-electron chi connectivity index (χ4n) is 4.08. The highest BCUT2D eigenvalue weighted by Crippen LogP contribution is 2.28. The SMILES string of the molecule is CC(C)CC(=O)N1CCc2nc(Cc3cccc(F)c3)nc(N3CCOCC3)c2C1. The first-order valence-electron chi connectivity index (χ1n) is 10.7. The number of hydrogen-bond donors (Lipinski definition) is 0. The minimum Gasteiger partial charge on any atom is -0.378 e. The average Bonchev–Trinajstić information content (AvgIpc) is 2.73. The van der Waals surface area contributed by atoms with E-state index in [0.717, 1.165) is 42.1 Å². The Bertz CT molecular complexity index is 912. The molecule has 1 aromatic heterocycles. The summed E-state index contributed by atoms with van der Waals surface area (Å²) in [5.41, 5.74) is 2.90. The van der Waals surface area contributed by atoms with Gasteiger partial charge in [-0.05, 0) is 23.6 Å². The fraction of sp³-hybridized carbons (Fsp3) is 0.522. The van der Waals surface area contributed by atoms with Crippen LogP contribution < -0.4 is 4.90 Å². The zero-order chi connectivity index (χ0) is 21.1. The smallest absolute Gasteiger partial charge is 0.223 e. The minimum atomic E-state index is -0.252. The third-order valence-electron chi connectivity index (χ3n) is 5.58. The maximum atomic E-state index is 13.6. The van der Waals surface area contributed by atoms with E-state index in [1.54, 1.807) is 6.07 Å². The van der Waals surface area contributed by atoms with E-state index >= 15 is 0 Å². The molecule has 1 fully saturated rings. The molecule has 0 aliphatic carbocycles. The third kappa shape index (κ3) is 4.78. The van der Waals surface area contributed by atoms with Gasteiger partial charge in [-0.3, -0.25) is 4.79 Å². The number of morpholine rings is 1. The van der Waals surface area contributed by atoms with Crippen molar-refractivity contribution in [3.63, 3.8) is 0 Å². The first-order valence-corrected chi connectivity index (χ1v) is 10.7. The molecule has 0 atom stereocenters. The Hall–Kier alpha value is -2.54. The van der Waals surface area contributed by atoms with Crippen molar-refractivity contribution < 1.29 is 13.9 Å². The number of fused-ring (bicyclic) bond motifs is 1. The van der Waals surface area contributed by atoms with E-state index in [4.69, 9.17) is 14.7 Å². The predicted octanol–water partition coefficient (Wildman–Crippen LogP) is 2.97. The summed E-state index contributed by atoms with van der Waals surface area (Å²) in [4.78, 5) is 26.5. The van der Waals surface area contributed by atoms with Crippen molar-refractivity contribution in [2.75, 3.05) is 37.7 Å². The Morgan fingerprint density at radius 1 is 1.20 bits per heavy atom. The number of nitrogens with zero attached hydrogens (tertiary/aromatic N) is 4. The number of anilines is 1. The van der Waals surface area contributed by atoms with Gasteiger partial charge in [-0.1, -0.05) is 26.0 Å². The van der Waals surface area contributed by atoms with Crippen LogP contribution in [-0.4, -0.2) is 53.6 Å². The minimum absolute atomic E-state index is 0.187. The van der Waals surface area contributed by atoms with Gasteiger partial charge in [-0.25, -0.2) is 14.4 Å². The van der Waals surface area contributed by atoms with Crippen molar-refractivity contribution in [1.29, 1.82) is 0 Å². The van der Waals surface area contributed by atoms with E-state index < -0.39 is 0 Å². The molecule has 0 unspecified atom stereocenters. The van der Waals surface area contributed by atoms with Crippen molar-refractivity contribution in [2.45, 2.75) is 39.7 Å². The molecule has 7 heteroatoms. The number of amides is 1. The van der Waals surface area contributed by atoms with E-state index in [1.807, 2.05) is 11.0 Å². The highest BCUT2D eigenvalue weighted by atomic mass is 19.1. The number of aromatic nitrogens is 2. The van der Waals surface area contributed by atoms with Gasteiger partial charge in [-0.2, -0.15) is 0 Å². The van der Waals surface area contributed by atoms with E-state index in [9.17, 15) is 9.18 Å². The molecule has 6 nitrogen and oxygen atoms in total. The quantitative estimate of drug-likeness (QED) is 0.756. The summed E-state index contributed by atoms with van der Waals surface area (Å²) in [5.74, 6) is 1.87. The van der Waals surface area contributed by atoms with Crippen LogP contribution in [0.15, 0.2) is 24.3 Å². The van der Waals surface area contributed by atoms with Crippen LogP contribution in [-0.2, 0) is 28.9 Å². The van der Waals surface area contributed by atoms with Crippen LogP contribution in [0.5, 0.6) is 0 Å². The fourth-order valence-corrected chi connectivity index (χ4v) is 4.08. The molecule has 1 aromatic carbocycles. The first kappa shape index (κ1) is 20.7. The number of carbonyl (C=O) groups excluding carboxylic acids is 1. The summed E-state index contributed by atoms with van der Waals surface area (Å²) in [7, 11) is 0. The number of ether oxygens (including phenoxy) is 1. The lowest BCUT2D eigenvalue weighted by Crippen LogP contribution is -2.41. The number of rotatable bonds is 5. The Kier molecular flexibility index (Phi) is 6.27. The lowest BCUT2D eigenvalue weighted by atomic mass is 10.0. The summed E-state index contributed by atoms with van der Waals surface area (Å²) in [6.45, 7) is 8.21. The molecule has 3 heterocycles. The second kappa shape index (κ2) is 9.08. The Morgan fingerprint density at radius 3 is 2.73 bits per heavy atom. The topological polar surface area (TPSA) is 58.6 Å². The van der Waals surface area contributed by atoms with E-state index in [0.29, 0.717) is 50.9 Å². The number of benzene rings is 1. The number of carbonyl (C=O) groups is 1. The van der Waals surface area contributed by atoms with Gasteiger partial charge in [0.2, 0.25) is 5.91 Å². The van der Waals surface area contributed by atoms with Gasteiger partial charge < -0.3 is 14.5 Å². The van der Waals surface area contributed by atoms with Gasteiger partial charge in [0.15, 0.2) is 0 Å². The van der Waals surface area contributed by atoms with Gasteiger partial charge in [0, 0.05) is 44.5 Å². The molecule has 0 radical (unpaired) electrons. The van der Waals surface area contributed by atoms with Gasteiger partial charge in [0.1, 0.15) is 17.5 Å². The molecule has 0 spiro atoms. The van der Waals surface area contributed by atoms with Crippen molar-refractivity contribution in [2.24, 2.45) is 5.92 Å². The predicted molar refractivity (Wildman–Crippen MR) is 113 cm³/mol. The lowest BCUT2D eigenvalue weighted by Gasteiger charge is -2.35. The largest absolute Gasteiger partial charge is 0.378 e. The molecular formula is C23H29FN4O2. The Labute approximate surface area is 177 Å². The molecule has 2 aromatic rings. The summed E-state index contributed by atoms with van der Waals surface area (Å²) < 4.78 is 19.1. The maximum absolute atomic E-state index is 13.6. The molecule has 1 amide bonds. The first-order chi connectivity index (χ1) is 14.5. The molecule has 1 saturated heterocycles. The van der Waals surface area contributed by atoms with Gasteiger partial charge in [-0.15, -0.1) is 0 Å². The van der Waals surface area contributed by atoms with Crippen LogP contribution in [0.25, 0.3) is 0 Å². The van der Waals surface area contributed by atoms with E-state index in [-0.39, 0.29) is 11.7 Å². The highest BCUT2D eigenvalue weighted by molar-refractivity contribution is 5.77. The lowest BCUT2D eigenvalue weighted by molar-refractivity contribution is -0.132. The Morgan fingerprint density at radius 2 is 2.00 bits per heavy atom. The summed E-state index contributed by atoms with van der Waals surface area (Å²) in [6.07, 6.45) is 1.76. The molecular weight excluding hydrogens is 383 g/mol. The zero-order valence-electron chi connectivity index (χ0n) is 17.7. The van der Waals surface area contributed by atoms with Crippen molar-refractivity contribution in [3.8, 4) is 0 Å². The standard InChI is InChI=1S/C23H29FN4O2/c1-16(2)12-22(29)28-7-6-20-19(15-28)23(27-8-10-30-11-9-27)26-21(25-20)14-17-4-3-5-18(24)13-17/h3-5,13,16H,6-12,14-15H2,1-2H3. The summed E-state index contributed by atoms with van der Waals surface area (Å²) >= 11 is 0. The van der Waals surface area contributed by atoms with Crippen LogP contribution >= 0.6 is 0 Å². The molecule has 30 heavy (non-hydrogen) atoms. The summed E-state index contributed by atoms with van der Waals surface area (Å²) in [6, 6.07) is 6.58. The molecule has 4 rings (SSSR count). The van der Waals surface area contributed by atoms with Gasteiger partial charge >= 0.3 is 0 Å². The van der Waals surface area contributed by atoms with Crippen molar-refractivity contribution >= 4 is 11.7 Å². The van der Waals surface area contributed by atoms with Crippen molar-refractivity contribution in [1.82, 2.24) is 14.9 Å². The van der Waals surface area contributed by atoms with Crippen LogP contribution in [0.3, 0.4) is 0 Å². The monoisotopic (exact) mass is 412 g/mol. The zero-order valence-corrected chi connectivity index (χ0v) is 17.7. The van der Waals surface area contributed by atoms with E-state index in [2.05, 4.69) is 18.7 Å². The second-order valence-corrected chi connectivity index (χ2v) is 8.46. The molecule has 160 valence electrons. The molecule has 2 aliphatic rings. The summed E-state index contributed by atoms with van der Waals surface area (Å²) in [5, 5.41) is 0. The van der Waals surface area contributed by atoms with Crippen LogP contribution in [0.1, 0.15) is 42.9 Å². The second-order valence-electron chi connectivity index (χ2n) is 8.46. The number of hydrogen-bond acceptors (Lipinski definition) is 5. The maximum Gasteiger partial charge on any atom is 0.223 e. The van der Waals surface area contributed by atoms with Gasteiger partial charge in [0.25, 0.3) is 0 Å². The highest BCUT2D eigenvalue weighted by Gasteiger charge is 2.28. The van der Waals surface area contributed by atoms with Crippen LogP contribution in [0.4, 0.5) is 10.2 Å². The Balaban J connectivity index is 1.65. The molecule has 0 bridgehead atoms. The molecule has 0 saturated carbocycles.